The monoisotopic (exact) mass is 270 g/mol. The summed E-state index contributed by atoms with van der Waals surface area (Å²) in [5.74, 6) is 1.72. The highest BCUT2D eigenvalue weighted by Gasteiger charge is 2.22. The van der Waals surface area contributed by atoms with E-state index < -0.39 is 6.10 Å². The summed E-state index contributed by atoms with van der Waals surface area (Å²) in [6, 6.07) is 15.6. The molecular weight excluding hydrogens is 252 g/mol. The highest BCUT2D eigenvalue weighted by atomic mass is 16.5. The fourth-order valence-corrected chi connectivity index (χ4v) is 2.40. The molecule has 2 aromatic rings. The lowest BCUT2D eigenvalue weighted by Gasteiger charge is -2.13. The van der Waals surface area contributed by atoms with E-state index in [0.717, 1.165) is 23.5 Å². The van der Waals surface area contributed by atoms with Crippen LogP contribution in [-0.2, 0) is 6.42 Å². The van der Waals surface area contributed by atoms with Gasteiger partial charge in [-0.3, -0.25) is 0 Å². The van der Waals surface area contributed by atoms with Gasteiger partial charge in [0.1, 0.15) is 24.2 Å². The highest BCUT2D eigenvalue weighted by Crippen LogP contribution is 2.28. The van der Waals surface area contributed by atoms with Gasteiger partial charge in [0, 0.05) is 6.42 Å². The molecule has 2 unspecified atom stereocenters. The van der Waals surface area contributed by atoms with Gasteiger partial charge in [0.25, 0.3) is 0 Å². The first-order chi connectivity index (χ1) is 9.72. The second-order valence-corrected chi connectivity index (χ2v) is 5.11. The van der Waals surface area contributed by atoms with Gasteiger partial charge in [0.05, 0.1) is 6.10 Å². The SMILES string of the molecule is CC(O)c1cccc(OCC2Cc3ccccc3O2)c1. The Bertz CT molecular complexity index is 567. The van der Waals surface area contributed by atoms with Gasteiger partial charge in [-0.15, -0.1) is 0 Å². The Hall–Kier alpha value is -2.00. The van der Waals surface area contributed by atoms with Crippen molar-refractivity contribution in [2.45, 2.75) is 25.6 Å². The van der Waals surface area contributed by atoms with Crippen LogP contribution in [0, 0.1) is 0 Å². The number of rotatable bonds is 4. The zero-order valence-corrected chi connectivity index (χ0v) is 11.5. The van der Waals surface area contributed by atoms with E-state index >= 15 is 0 Å². The summed E-state index contributed by atoms with van der Waals surface area (Å²) in [5.41, 5.74) is 2.09. The van der Waals surface area contributed by atoms with Crippen LogP contribution in [-0.4, -0.2) is 17.8 Å². The van der Waals surface area contributed by atoms with Gasteiger partial charge in [-0.1, -0.05) is 30.3 Å². The summed E-state index contributed by atoms with van der Waals surface area (Å²) in [5, 5.41) is 9.57. The topological polar surface area (TPSA) is 38.7 Å². The largest absolute Gasteiger partial charge is 0.490 e. The van der Waals surface area contributed by atoms with Crippen LogP contribution in [0.5, 0.6) is 11.5 Å². The Labute approximate surface area is 118 Å². The van der Waals surface area contributed by atoms with Crippen LogP contribution in [0.15, 0.2) is 48.5 Å². The minimum absolute atomic E-state index is 0.0580. The lowest BCUT2D eigenvalue weighted by molar-refractivity contribution is 0.148. The van der Waals surface area contributed by atoms with E-state index in [1.807, 2.05) is 42.5 Å². The molecule has 0 spiro atoms. The molecule has 0 amide bonds. The predicted octanol–water partition coefficient (Wildman–Crippen LogP) is 3.12. The predicted molar refractivity (Wildman–Crippen MR) is 77.1 cm³/mol. The van der Waals surface area contributed by atoms with Crippen molar-refractivity contribution in [3.05, 3.63) is 59.7 Å². The lowest BCUT2D eigenvalue weighted by Crippen LogP contribution is -2.22. The standard InChI is InChI=1S/C17H18O3/c1-12(18)13-6-4-7-15(9-13)19-11-16-10-14-5-2-3-8-17(14)20-16/h2-9,12,16,18H,10-11H2,1H3. The van der Waals surface area contributed by atoms with Crippen molar-refractivity contribution in [3.8, 4) is 11.5 Å². The first kappa shape index (κ1) is 13.0. The molecule has 0 saturated heterocycles. The molecule has 3 heteroatoms. The number of benzene rings is 2. The maximum absolute atomic E-state index is 9.57. The summed E-state index contributed by atoms with van der Waals surface area (Å²) in [7, 11) is 0. The molecule has 0 bridgehead atoms. The molecule has 0 radical (unpaired) electrons. The molecule has 0 saturated carbocycles. The number of ether oxygens (including phenoxy) is 2. The minimum Gasteiger partial charge on any atom is -0.490 e. The van der Waals surface area contributed by atoms with E-state index in [2.05, 4.69) is 6.07 Å². The Morgan fingerprint density at radius 3 is 2.90 bits per heavy atom. The average Bonchev–Trinajstić information content (AvgIpc) is 2.88. The molecule has 3 rings (SSSR count). The molecule has 1 aliphatic heterocycles. The van der Waals surface area contributed by atoms with Gasteiger partial charge in [-0.25, -0.2) is 0 Å². The van der Waals surface area contributed by atoms with Crippen molar-refractivity contribution in [1.82, 2.24) is 0 Å². The maximum Gasteiger partial charge on any atom is 0.137 e. The zero-order valence-electron chi connectivity index (χ0n) is 11.5. The maximum atomic E-state index is 9.57. The lowest BCUT2D eigenvalue weighted by atomic mass is 10.1. The van der Waals surface area contributed by atoms with Crippen LogP contribution < -0.4 is 9.47 Å². The van der Waals surface area contributed by atoms with Crippen molar-refractivity contribution >= 4 is 0 Å². The van der Waals surface area contributed by atoms with Crippen molar-refractivity contribution in [1.29, 1.82) is 0 Å². The Morgan fingerprint density at radius 2 is 2.10 bits per heavy atom. The summed E-state index contributed by atoms with van der Waals surface area (Å²) in [4.78, 5) is 0. The normalized spacial score (nSPS) is 18.2. The number of hydrogen-bond acceptors (Lipinski definition) is 3. The van der Waals surface area contributed by atoms with Crippen LogP contribution in [0.4, 0.5) is 0 Å². The quantitative estimate of drug-likeness (QED) is 0.927. The third kappa shape index (κ3) is 2.78. The number of aliphatic hydroxyl groups excluding tert-OH is 1. The minimum atomic E-state index is -0.481. The molecule has 2 aromatic carbocycles. The second kappa shape index (κ2) is 5.55. The number of para-hydroxylation sites is 1. The molecule has 0 aromatic heterocycles. The Kier molecular flexibility index (Phi) is 3.61. The first-order valence-corrected chi connectivity index (χ1v) is 6.88. The number of fused-ring (bicyclic) bond motifs is 1. The van der Waals surface area contributed by atoms with E-state index in [9.17, 15) is 5.11 Å². The molecule has 1 N–H and O–H groups in total. The van der Waals surface area contributed by atoms with Crippen molar-refractivity contribution in [2.24, 2.45) is 0 Å². The van der Waals surface area contributed by atoms with Gasteiger partial charge in [-0.05, 0) is 36.2 Å². The average molecular weight is 270 g/mol. The second-order valence-electron chi connectivity index (χ2n) is 5.11. The molecule has 2 atom stereocenters. The third-order valence-corrected chi connectivity index (χ3v) is 3.49. The molecule has 20 heavy (non-hydrogen) atoms. The molecule has 1 aliphatic rings. The van der Waals surface area contributed by atoms with Crippen molar-refractivity contribution in [2.75, 3.05) is 6.61 Å². The van der Waals surface area contributed by atoms with Gasteiger partial charge in [0.15, 0.2) is 0 Å². The summed E-state index contributed by atoms with van der Waals surface area (Å²) in [6.07, 6.45) is 0.458. The molecular formula is C17H18O3. The van der Waals surface area contributed by atoms with E-state index in [-0.39, 0.29) is 6.10 Å². The Balaban J connectivity index is 1.60. The Morgan fingerprint density at radius 1 is 1.25 bits per heavy atom. The zero-order chi connectivity index (χ0) is 13.9. The van der Waals surface area contributed by atoms with Crippen molar-refractivity contribution < 1.29 is 14.6 Å². The molecule has 1 heterocycles. The van der Waals surface area contributed by atoms with Gasteiger partial charge >= 0.3 is 0 Å². The first-order valence-electron chi connectivity index (χ1n) is 6.88. The van der Waals surface area contributed by atoms with E-state index in [1.165, 1.54) is 5.56 Å². The summed E-state index contributed by atoms with van der Waals surface area (Å²) in [6.45, 7) is 2.26. The van der Waals surface area contributed by atoms with Gasteiger partial charge in [0.2, 0.25) is 0 Å². The summed E-state index contributed by atoms with van der Waals surface area (Å²) >= 11 is 0. The van der Waals surface area contributed by atoms with Crippen LogP contribution in [0.2, 0.25) is 0 Å². The van der Waals surface area contributed by atoms with Crippen LogP contribution in [0.25, 0.3) is 0 Å². The van der Waals surface area contributed by atoms with Gasteiger partial charge in [-0.2, -0.15) is 0 Å². The van der Waals surface area contributed by atoms with E-state index in [1.54, 1.807) is 6.92 Å². The van der Waals surface area contributed by atoms with Crippen LogP contribution in [0.1, 0.15) is 24.2 Å². The molecule has 0 fully saturated rings. The van der Waals surface area contributed by atoms with Gasteiger partial charge < -0.3 is 14.6 Å². The van der Waals surface area contributed by atoms with Crippen LogP contribution >= 0.6 is 0 Å². The fraction of sp³-hybridized carbons (Fsp3) is 0.294. The third-order valence-electron chi connectivity index (χ3n) is 3.49. The summed E-state index contributed by atoms with van der Waals surface area (Å²) < 4.78 is 11.6. The van der Waals surface area contributed by atoms with Crippen LogP contribution in [0.3, 0.4) is 0 Å². The smallest absolute Gasteiger partial charge is 0.137 e. The number of hydrogen-bond donors (Lipinski definition) is 1. The van der Waals surface area contributed by atoms with E-state index in [4.69, 9.17) is 9.47 Å². The highest BCUT2D eigenvalue weighted by molar-refractivity contribution is 5.37. The molecule has 0 aliphatic carbocycles. The van der Waals surface area contributed by atoms with E-state index in [0.29, 0.717) is 6.61 Å². The fourth-order valence-electron chi connectivity index (χ4n) is 2.40. The molecule has 104 valence electrons. The molecule has 3 nitrogen and oxygen atoms in total. The number of aliphatic hydroxyl groups is 1. The van der Waals surface area contributed by atoms with Crippen molar-refractivity contribution in [3.63, 3.8) is 0 Å².